The van der Waals surface area contributed by atoms with Crippen LogP contribution in [0.3, 0.4) is 0 Å². The van der Waals surface area contributed by atoms with E-state index in [1.54, 1.807) is 6.08 Å². The van der Waals surface area contributed by atoms with Crippen molar-refractivity contribution in [1.29, 1.82) is 0 Å². The third-order valence-corrected chi connectivity index (χ3v) is 7.93. The van der Waals surface area contributed by atoms with E-state index in [0.717, 1.165) is 19.3 Å². The van der Waals surface area contributed by atoms with Crippen LogP contribution >= 0.6 is 7.60 Å². The molecule has 0 heterocycles. The highest BCUT2D eigenvalue weighted by Gasteiger charge is 2.10. The lowest BCUT2D eigenvalue weighted by atomic mass is 10.0. The molecule has 0 rings (SSSR count). The molecular formula is C29H58NO4P. The molecule has 5 nitrogen and oxygen atoms in total. The van der Waals surface area contributed by atoms with Crippen molar-refractivity contribution in [1.82, 2.24) is 0 Å². The van der Waals surface area contributed by atoms with Gasteiger partial charge >= 0.3 is 7.60 Å². The molecule has 0 aromatic heterocycles. The second kappa shape index (κ2) is 28.1. The molecule has 0 atom stereocenters. The SMILES string of the molecule is O=C=NCCCCCCCCCCCCCCCCCCCCCCCCCCCCP(=O)(O)O. The van der Waals surface area contributed by atoms with E-state index in [-0.39, 0.29) is 6.16 Å². The largest absolute Gasteiger partial charge is 0.325 e. The van der Waals surface area contributed by atoms with Gasteiger partial charge in [-0.2, -0.15) is 0 Å². The minimum atomic E-state index is -3.77. The van der Waals surface area contributed by atoms with Gasteiger partial charge in [0.15, 0.2) is 0 Å². The van der Waals surface area contributed by atoms with E-state index < -0.39 is 7.60 Å². The molecule has 0 aromatic carbocycles. The number of rotatable bonds is 29. The quantitative estimate of drug-likeness (QED) is 0.0449. The number of carbonyl (C=O) groups excluding carboxylic acids is 1. The molecule has 35 heavy (non-hydrogen) atoms. The van der Waals surface area contributed by atoms with E-state index >= 15 is 0 Å². The van der Waals surface area contributed by atoms with Gasteiger partial charge in [0.25, 0.3) is 0 Å². The summed E-state index contributed by atoms with van der Waals surface area (Å²) >= 11 is 0. The molecule has 0 saturated carbocycles. The van der Waals surface area contributed by atoms with Crippen LogP contribution in [0.15, 0.2) is 4.99 Å². The fourth-order valence-electron chi connectivity index (χ4n) is 4.80. The van der Waals surface area contributed by atoms with Crippen molar-refractivity contribution >= 4 is 13.7 Å². The summed E-state index contributed by atoms with van der Waals surface area (Å²) in [4.78, 5) is 31.2. The Bertz CT molecular complexity index is 517. The number of hydrogen-bond donors (Lipinski definition) is 2. The highest BCUT2D eigenvalue weighted by atomic mass is 31.2. The Morgan fingerprint density at radius 2 is 0.657 bits per heavy atom. The molecule has 0 amide bonds. The van der Waals surface area contributed by atoms with Crippen molar-refractivity contribution in [2.45, 2.75) is 167 Å². The summed E-state index contributed by atoms with van der Waals surface area (Å²) in [6.45, 7) is 0.655. The Labute approximate surface area is 217 Å². The first kappa shape index (κ1) is 34.5. The van der Waals surface area contributed by atoms with Gasteiger partial charge in [0.1, 0.15) is 0 Å². The third-order valence-electron chi connectivity index (χ3n) is 7.03. The topological polar surface area (TPSA) is 87.0 Å². The van der Waals surface area contributed by atoms with Crippen molar-refractivity contribution in [2.24, 2.45) is 4.99 Å². The molecule has 0 aromatic rings. The summed E-state index contributed by atoms with van der Waals surface area (Å²) in [5.74, 6) is 0. The molecule has 208 valence electrons. The number of hydrogen-bond acceptors (Lipinski definition) is 3. The van der Waals surface area contributed by atoms with Gasteiger partial charge < -0.3 is 9.79 Å². The lowest BCUT2D eigenvalue weighted by molar-refractivity contribution is 0.370. The maximum atomic E-state index is 10.8. The van der Waals surface area contributed by atoms with Gasteiger partial charge in [-0.1, -0.05) is 154 Å². The molecule has 0 bridgehead atoms. The number of unbranched alkanes of at least 4 members (excludes halogenated alkanes) is 25. The van der Waals surface area contributed by atoms with Crippen LogP contribution in [0, 0.1) is 0 Å². The maximum Gasteiger partial charge on any atom is 0.325 e. The van der Waals surface area contributed by atoms with Gasteiger partial charge in [0.05, 0.1) is 6.54 Å². The minimum Gasteiger partial charge on any atom is -0.324 e. The zero-order valence-electron chi connectivity index (χ0n) is 22.9. The monoisotopic (exact) mass is 515 g/mol. The number of aliphatic imine (C=N–C) groups is 1. The van der Waals surface area contributed by atoms with E-state index in [9.17, 15) is 9.36 Å². The first-order valence-corrected chi connectivity index (χ1v) is 16.9. The second-order valence-corrected chi connectivity index (χ2v) is 12.3. The first-order chi connectivity index (χ1) is 17.1. The highest BCUT2D eigenvalue weighted by Crippen LogP contribution is 2.35. The van der Waals surface area contributed by atoms with Crippen LogP contribution in [0.2, 0.25) is 0 Å². The normalized spacial score (nSPS) is 11.6. The van der Waals surface area contributed by atoms with Crippen molar-refractivity contribution in [3.8, 4) is 0 Å². The molecule has 2 N–H and O–H groups in total. The average molecular weight is 516 g/mol. The van der Waals surface area contributed by atoms with E-state index in [1.807, 2.05) is 0 Å². The number of nitrogens with zero attached hydrogens (tertiary/aromatic N) is 1. The summed E-state index contributed by atoms with van der Waals surface area (Å²) in [5.41, 5.74) is 0. The summed E-state index contributed by atoms with van der Waals surface area (Å²) in [6.07, 6.45) is 35.5. The molecule has 0 saturated heterocycles. The Morgan fingerprint density at radius 3 is 0.886 bits per heavy atom. The molecular weight excluding hydrogens is 457 g/mol. The fraction of sp³-hybridized carbons (Fsp3) is 0.966. The smallest absolute Gasteiger partial charge is 0.324 e. The van der Waals surface area contributed by atoms with Crippen molar-refractivity contribution < 1.29 is 19.1 Å². The van der Waals surface area contributed by atoms with E-state index in [2.05, 4.69) is 4.99 Å². The van der Waals surface area contributed by atoms with Crippen molar-refractivity contribution in [3.05, 3.63) is 0 Å². The van der Waals surface area contributed by atoms with E-state index in [4.69, 9.17) is 9.79 Å². The van der Waals surface area contributed by atoms with Crippen LogP contribution in [0.5, 0.6) is 0 Å². The highest BCUT2D eigenvalue weighted by molar-refractivity contribution is 7.51. The van der Waals surface area contributed by atoms with E-state index in [0.29, 0.717) is 13.0 Å². The van der Waals surface area contributed by atoms with Gasteiger partial charge in [-0.15, -0.1) is 0 Å². The molecule has 0 aliphatic carbocycles. The molecule has 6 heteroatoms. The average Bonchev–Trinajstić information content (AvgIpc) is 2.82. The zero-order valence-corrected chi connectivity index (χ0v) is 23.8. The summed E-state index contributed by atoms with van der Waals surface area (Å²) in [7, 11) is -3.77. The Morgan fingerprint density at radius 1 is 0.429 bits per heavy atom. The van der Waals surface area contributed by atoms with Crippen molar-refractivity contribution in [3.63, 3.8) is 0 Å². The summed E-state index contributed by atoms with van der Waals surface area (Å²) in [6, 6.07) is 0. The zero-order chi connectivity index (χ0) is 25.7. The van der Waals surface area contributed by atoms with Crippen LogP contribution in [-0.4, -0.2) is 28.6 Å². The van der Waals surface area contributed by atoms with Gasteiger partial charge in [-0.25, -0.2) is 9.79 Å². The fourth-order valence-corrected chi connectivity index (χ4v) is 5.43. The minimum absolute atomic E-state index is 0.0539. The Hall–Kier alpha value is -0.470. The predicted octanol–water partition coefficient (Wildman–Crippen LogP) is 9.64. The molecule has 0 aliphatic rings. The lowest BCUT2D eigenvalue weighted by Crippen LogP contribution is -1.88. The van der Waals surface area contributed by atoms with E-state index in [1.165, 1.54) is 141 Å². The van der Waals surface area contributed by atoms with Crippen LogP contribution in [0.4, 0.5) is 0 Å². The summed E-state index contributed by atoms with van der Waals surface area (Å²) < 4.78 is 10.8. The number of isocyanates is 1. The molecule has 0 radical (unpaired) electrons. The first-order valence-electron chi connectivity index (χ1n) is 15.1. The third kappa shape index (κ3) is 33.5. The van der Waals surface area contributed by atoms with Gasteiger partial charge in [0, 0.05) is 6.16 Å². The van der Waals surface area contributed by atoms with Crippen LogP contribution < -0.4 is 0 Å². The Kier molecular flexibility index (Phi) is 27.7. The van der Waals surface area contributed by atoms with Gasteiger partial charge in [-0.05, 0) is 12.8 Å². The maximum absolute atomic E-state index is 10.8. The molecule has 0 spiro atoms. The molecule has 0 aliphatic heterocycles. The van der Waals surface area contributed by atoms with Crippen LogP contribution in [0.25, 0.3) is 0 Å². The lowest BCUT2D eigenvalue weighted by Gasteiger charge is -2.05. The van der Waals surface area contributed by atoms with Crippen molar-refractivity contribution in [2.75, 3.05) is 12.7 Å². The Balaban J connectivity index is 3.05. The van der Waals surface area contributed by atoms with Gasteiger partial charge in [-0.3, -0.25) is 4.57 Å². The standard InChI is InChI=1S/C29H58NO4P/c31-29-30-27-25-23-21-19-17-15-13-11-9-7-5-3-1-2-4-6-8-10-12-14-16-18-20-22-24-26-28-35(32,33)34/h1-28H2,(H2,32,33,34). The predicted molar refractivity (Wildman–Crippen MR) is 150 cm³/mol. The van der Waals surface area contributed by atoms with Gasteiger partial charge in [0.2, 0.25) is 6.08 Å². The summed E-state index contributed by atoms with van der Waals surface area (Å²) in [5, 5.41) is 0. The van der Waals surface area contributed by atoms with Crippen LogP contribution in [0.1, 0.15) is 167 Å². The second-order valence-electron chi connectivity index (χ2n) is 10.6. The molecule has 0 fully saturated rings. The molecule has 0 unspecified atom stereocenters. The van der Waals surface area contributed by atoms with Crippen LogP contribution in [-0.2, 0) is 9.36 Å².